The normalized spacial score (nSPS) is 11.4. The van der Waals surface area contributed by atoms with Crippen molar-refractivity contribution in [2.75, 3.05) is 19.4 Å². The minimum absolute atomic E-state index is 0.145. The van der Waals surface area contributed by atoms with Gasteiger partial charge >= 0.3 is 0 Å². The van der Waals surface area contributed by atoms with Crippen molar-refractivity contribution in [2.45, 2.75) is 19.4 Å². The summed E-state index contributed by atoms with van der Waals surface area (Å²) in [6.07, 6.45) is 1.34. The van der Waals surface area contributed by atoms with Crippen molar-refractivity contribution < 1.29 is 9.90 Å². The summed E-state index contributed by atoms with van der Waals surface area (Å²) in [5.74, 6) is -0.0731. The number of likely N-dealkylation sites (N-methyl/N-ethyl adjacent to an activating group) is 1. The molecule has 1 amide bonds. The number of nitrogens with zero attached hydrogens (tertiary/aromatic N) is 2. The topological polar surface area (TPSA) is 79.5 Å². The van der Waals surface area contributed by atoms with Gasteiger partial charge in [-0.3, -0.25) is 4.79 Å². The highest BCUT2D eigenvalue weighted by Gasteiger charge is 2.28. The van der Waals surface area contributed by atoms with Crippen LogP contribution >= 0.6 is 11.6 Å². The summed E-state index contributed by atoms with van der Waals surface area (Å²) in [4.78, 5) is 17.4. The number of nitrogen functional groups attached to an aromatic ring is 1. The molecular weight excluding hydrogens is 242 g/mol. The first-order valence-corrected chi connectivity index (χ1v) is 5.47. The zero-order chi connectivity index (χ0) is 13.2. The first-order valence-electron chi connectivity index (χ1n) is 5.09. The molecule has 0 saturated heterocycles. The molecule has 0 fully saturated rings. The molecule has 6 heteroatoms. The maximum absolute atomic E-state index is 12.2. The minimum atomic E-state index is -0.668. The molecule has 0 aliphatic rings. The molecule has 3 N–H and O–H groups in total. The van der Waals surface area contributed by atoms with Crippen LogP contribution in [0.25, 0.3) is 0 Å². The predicted molar refractivity (Wildman–Crippen MR) is 66.9 cm³/mol. The summed E-state index contributed by atoms with van der Waals surface area (Å²) in [5, 5.41) is 9.46. The van der Waals surface area contributed by atoms with E-state index in [0.717, 1.165) is 0 Å². The van der Waals surface area contributed by atoms with Gasteiger partial charge in [0.05, 0.1) is 22.7 Å². The summed E-state index contributed by atoms with van der Waals surface area (Å²) >= 11 is 5.90. The van der Waals surface area contributed by atoms with Gasteiger partial charge in [-0.25, -0.2) is 4.98 Å². The maximum atomic E-state index is 12.2. The quantitative estimate of drug-likeness (QED) is 0.852. The molecule has 1 aromatic heterocycles. The van der Waals surface area contributed by atoms with E-state index in [1.165, 1.54) is 17.2 Å². The van der Waals surface area contributed by atoms with Crippen LogP contribution < -0.4 is 5.73 Å². The SMILES string of the molecule is CN(C(=O)c1cc(N)ncc1Cl)C(C)(C)CO. The Labute approximate surface area is 105 Å². The molecule has 0 unspecified atom stereocenters. The van der Waals surface area contributed by atoms with Gasteiger partial charge in [0.25, 0.3) is 5.91 Å². The van der Waals surface area contributed by atoms with Gasteiger partial charge < -0.3 is 15.7 Å². The van der Waals surface area contributed by atoms with Gasteiger partial charge in [-0.1, -0.05) is 11.6 Å². The molecule has 0 saturated carbocycles. The van der Waals surface area contributed by atoms with Crippen molar-refractivity contribution in [3.05, 3.63) is 22.8 Å². The maximum Gasteiger partial charge on any atom is 0.255 e. The Morgan fingerprint density at radius 3 is 2.76 bits per heavy atom. The number of pyridine rings is 1. The van der Waals surface area contributed by atoms with Crippen molar-refractivity contribution in [1.82, 2.24) is 9.88 Å². The molecule has 0 radical (unpaired) electrons. The van der Waals surface area contributed by atoms with E-state index in [9.17, 15) is 9.90 Å². The Morgan fingerprint density at radius 2 is 2.24 bits per heavy atom. The van der Waals surface area contributed by atoms with Crippen LogP contribution in [0.5, 0.6) is 0 Å². The fourth-order valence-electron chi connectivity index (χ4n) is 1.18. The molecular formula is C11H16ClN3O2. The Bertz CT molecular complexity index is 435. The second kappa shape index (κ2) is 4.89. The van der Waals surface area contributed by atoms with Crippen molar-refractivity contribution in [2.24, 2.45) is 0 Å². The lowest BCUT2D eigenvalue weighted by atomic mass is 10.0. The van der Waals surface area contributed by atoms with Crippen LogP contribution in [0.4, 0.5) is 5.82 Å². The molecule has 1 rings (SSSR count). The highest BCUT2D eigenvalue weighted by atomic mass is 35.5. The smallest absolute Gasteiger partial charge is 0.255 e. The monoisotopic (exact) mass is 257 g/mol. The third-order valence-electron chi connectivity index (χ3n) is 2.71. The predicted octanol–water partition coefficient (Wildman–Crippen LogP) is 1.16. The number of halogens is 1. The second-order valence-electron chi connectivity index (χ2n) is 4.42. The fourth-order valence-corrected chi connectivity index (χ4v) is 1.36. The van der Waals surface area contributed by atoms with Crippen LogP contribution in [-0.2, 0) is 0 Å². The van der Waals surface area contributed by atoms with E-state index in [1.807, 2.05) is 0 Å². The number of aliphatic hydroxyl groups excluding tert-OH is 1. The van der Waals surface area contributed by atoms with Crippen LogP contribution in [0.2, 0.25) is 5.02 Å². The number of rotatable bonds is 3. The molecule has 17 heavy (non-hydrogen) atoms. The lowest BCUT2D eigenvalue weighted by Gasteiger charge is -2.34. The Balaban J connectivity index is 3.08. The van der Waals surface area contributed by atoms with Crippen LogP contribution in [0, 0.1) is 0 Å². The van der Waals surface area contributed by atoms with Gasteiger partial charge in [-0.15, -0.1) is 0 Å². The number of amides is 1. The number of aromatic nitrogens is 1. The van der Waals surface area contributed by atoms with E-state index in [0.29, 0.717) is 0 Å². The number of hydrogen-bond donors (Lipinski definition) is 2. The number of anilines is 1. The zero-order valence-electron chi connectivity index (χ0n) is 10.1. The molecule has 0 spiro atoms. The summed E-state index contributed by atoms with van der Waals surface area (Å²) in [7, 11) is 1.60. The van der Waals surface area contributed by atoms with Crippen molar-refractivity contribution >= 4 is 23.3 Å². The molecule has 1 aromatic rings. The molecule has 0 bridgehead atoms. The van der Waals surface area contributed by atoms with E-state index in [1.54, 1.807) is 20.9 Å². The third kappa shape index (κ3) is 2.87. The van der Waals surface area contributed by atoms with E-state index in [-0.39, 0.29) is 28.9 Å². The molecule has 0 atom stereocenters. The number of hydrogen-bond acceptors (Lipinski definition) is 4. The average molecular weight is 258 g/mol. The van der Waals surface area contributed by atoms with Crippen LogP contribution in [0.3, 0.4) is 0 Å². The van der Waals surface area contributed by atoms with Crippen molar-refractivity contribution in [3.8, 4) is 0 Å². The number of nitrogens with two attached hydrogens (primary N) is 1. The van der Waals surface area contributed by atoms with Crippen molar-refractivity contribution in [3.63, 3.8) is 0 Å². The number of carbonyl (C=O) groups is 1. The van der Waals surface area contributed by atoms with Crippen LogP contribution in [-0.4, -0.2) is 40.1 Å². The van der Waals surface area contributed by atoms with Gasteiger partial charge in [-0.05, 0) is 19.9 Å². The molecule has 1 heterocycles. The van der Waals surface area contributed by atoms with E-state index in [2.05, 4.69) is 4.98 Å². The standard InChI is InChI=1S/C11H16ClN3O2/c1-11(2,6-16)15(3)10(17)7-4-9(13)14-5-8(7)12/h4-5,16H,6H2,1-3H3,(H2,13,14). The molecule has 0 aromatic carbocycles. The average Bonchev–Trinajstić information content (AvgIpc) is 2.30. The zero-order valence-corrected chi connectivity index (χ0v) is 10.8. The van der Waals surface area contributed by atoms with Crippen molar-refractivity contribution in [1.29, 1.82) is 0 Å². The van der Waals surface area contributed by atoms with Gasteiger partial charge in [0, 0.05) is 13.2 Å². The highest BCUT2D eigenvalue weighted by Crippen LogP contribution is 2.21. The van der Waals surface area contributed by atoms with Crippen LogP contribution in [0.1, 0.15) is 24.2 Å². The fraction of sp³-hybridized carbons (Fsp3) is 0.455. The number of aliphatic hydroxyl groups is 1. The van der Waals surface area contributed by atoms with Crippen LogP contribution in [0.15, 0.2) is 12.3 Å². The van der Waals surface area contributed by atoms with Gasteiger partial charge in [-0.2, -0.15) is 0 Å². The molecule has 0 aliphatic heterocycles. The van der Waals surface area contributed by atoms with Gasteiger partial charge in [0.15, 0.2) is 0 Å². The lowest BCUT2D eigenvalue weighted by Crippen LogP contribution is -2.47. The summed E-state index contributed by atoms with van der Waals surface area (Å²) in [6, 6.07) is 1.43. The van der Waals surface area contributed by atoms with E-state index in [4.69, 9.17) is 17.3 Å². The Hall–Kier alpha value is -1.33. The first-order chi connectivity index (χ1) is 7.79. The largest absolute Gasteiger partial charge is 0.394 e. The van der Waals surface area contributed by atoms with Gasteiger partial charge in [0.2, 0.25) is 0 Å². The van der Waals surface area contributed by atoms with E-state index < -0.39 is 5.54 Å². The highest BCUT2D eigenvalue weighted by molar-refractivity contribution is 6.33. The number of carbonyl (C=O) groups excluding carboxylic acids is 1. The second-order valence-corrected chi connectivity index (χ2v) is 4.83. The minimum Gasteiger partial charge on any atom is -0.394 e. The van der Waals surface area contributed by atoms with E-state index >= 15 is 0 Å². The summed E-state index contributed by atoms with van der Waals surface area (Å²) in [5.41, 5.74) is 5.13. The first kappa shape index (κ1) is 13.7. The molecule has 0 aliphatic carbocycles. The third-order valence-corrected chi connectivity index (χ3v) is 3.01. The summed E-state index contributed by atoms with van der Waals surface area (Å²) in [6.45, 7) is 3.36. The molecule has 5 nitrogen and oxygen atoms in total. The lowest BCUT2D eigenvalue weighted by molar-refractivity contribution is 0.0473. The van der Waals surface area contributed by atoms with Gasteiger partial charge in [0.1, 0.15) is 5.82 Å². The summed E-state index contributed by atoms with van der Waals surface area (Å²) < 4.78 is 0. The Morgan fingerprint density at radius 1 is 1.65 bits per heavy atom. The molecule has 94 valence electrons. The Kier molecular flexibility index (Phi) is 3.95.